The van der Waals surface area contributed by atoms with Gasteiger partial charge in [-0.05, 0) is 41.6 Å². The van der Waals surface area contributed by atoms with Crippen LogP contribution in [0.5, 0.6) is 0 Å². The quantitative estimate of drug-likeness (QED) is 0.509. The zero-order valence-corrected chi connectivity index (χ0v) is 17.7. The van der Waals surface area contributed by atoms with Gasteiger partial charge in [-0.15, -0.1) is 0 Å². The van der Waals surface area contributed by atoms with Gasteiger partial charge in [0.05, 0.1) is 26.8 Å². The Morgan fingerprint density at radius 3 is 2.48 bits per heavy atom. The molecule has 2 aliphatic rings. The number of rotatable bonds is 8. The van der Waals surface area contributed by atoms with Gasteiger partial charge in [-0.2, -0.15) is 0 Å². The summed E-state index contributed by atoms with van der Waals surface area (Å²) in [7, 11) is 4.14. The van der Waals surface area contributed by atoms with Crippen molar-refractivity contribution >= 4 is 5.97 Å². The van der Waals surface area contributed by atoms with Crippen molar-refractivity contribution in [2.75, 3.05) is 33.8 Å². The molecule has 2 fully saturated rings. The predicted octanol–water partition coefficient (Wildman–Crippen LogP) is 4.04. The molecule has 2 bridgehead atoms. The number of quaternary nitrogens is 1. The molecule has 27 heavy (non-hydrogen) atoms. The van der Waals surface area contributed by atoms with Crippen LogP contribution in [0.2, 0.25) is 0 Å². The lowest BCUT2D eigenvalue weighted by molar-refractivity contribution is -0.883. The maximum atomic E-state index is 12.2. The lowest BCUT2D eigenvalue weighted by Gasteiger charge is -2.39. The van der Waals surface area contributed by atoms with Gasteiger partial charge in [-0.3, -0.25) is 0 Å². The summed E-state index contributed by atoms with van der Waals surface area (Å²) in [5.41, 5.74) is 1.69. The minimum Gasteiger partial charge on any atom is -0.457 e. The lowest BCUT2D eigenvalue weighted by Crippen LogP contribution is -2.47. The molecule has 2 saturated carbocycles. The van der Waals surface area contributed by atoms with Crippen molar-refractivity contribution in [3.05, 3.63) is 35.9 Å². The van der Waals surface area contributed by atoms with Crippen LogP contribution in [-0.4, -0.2) is 50.3 Å². The van der Waals surface area contributed by atoms with Crippen LogP contribution in [0.1, 0.15) is 45.6 Å². The normalized spacial score (nSPS) is 29.1. The van der Waals surface area contributed by atoms with Gasteiger partial charge in [-0.1, -0.05) is 51.1 Å². The Morgan fingerprint density at radius 1 is 1.19 bits per heavy atom. The standard InChI is InChI=1S/C23H36NO3/c1-22(2)19-11-12-23(22,3)20(15-19)26-14-13-24(4,5)16-21(25)27-17-18-9-7-6-8-10-18/h6-10,19-20H,11-17H2,1-5H3/q+1/t19-,20-,23-/m1/s1. The Morgan fingerprint density at radius 2 is 1.89 bits per heavy atom. The third-order valence-corrected chi connectivity index (χ3v) is 7.53. The number of carbonyl (C=O) groups excluding carboxylic acids is 1. The molecular weight excluding hydrogens is 338 g/mol. The number of hydrogen-bond donors (Lipinski definition) is 0. The van der Waals surface area contributed by atoms with Crippen molar-refractivity contribution in [1.29, 1.82) is 0 Å². The van der Waals surface area contributed by atoms with Crippen molar-refractivity contribution in [2.45, 2.75) is 52.7 Å². The Labute approximate surface area is 164 Å². The summed E-state index contributed by atoms with van der Waals surface area (Å²) in [6.07, 6.45) is 4.17. The van der Waals surface area contributed by atoms with E-state index in [-0.39, 0.29) is 5.97 Å². The zero-order valence-electron chi connectivity index (χ0n) is 17.7. The molecule has 1 aromatic rings. The molecule has 0 unspecified atom stereocenters. The van der Waals surface area contributed by atoms with Gasteiger partial charge in [0, 0.05) is 0 Å². The molecule has 0 aliphatic heterocycles. The van der Waals surface area contributed by atoms with Crippen molar-refractivity contribution in [2.24, 2.45) is 16.7 Å². The first-order valence-electron chi connectivity index (χ1n) is 10.3. The topological polar surface area (TPSA) is 35.5 Å². The summed E-state index contributed by atoms with van der Waals surface area (Å²) in [6, 6.07) is 9.82. The van der Waals surface area contributed by atoms with Crippen LogP contribution in [0, 0.1) is 16.7 Å². The van der Waals surface area contributed by atoms with E-state index in [0.29, 0.717) is 41.2 Å². The third kappa shape index (κ3) is 4.22. The molecule has 0 heterocycles. The summed E-state index contributed by atoms with van der Waals surface area (Å²) in [4.78, 5) is 12.2. The van der Waals surface area contributed by atoms with E-state index in [4.69, 9.17) is 9.47 Å². The number of carbonyl (C=O) groups is 1. The fraction of sp³-hybridized carbons (Fsp3) is 0.696. The molecule has 4 heteroatoms. The van der Waals surface area contributed by atoms with Crippen LogP contribution in [0.3, 0.4) is 0 Å². The highest BCUT2D eigenvalue weighted by Gasteiger charge is 2.61. The van der Waals surface area contributed by atoms with E-state index in [0.717, 1.165) is 18.0 Å². The van der Waals surface area contributed by atoms with E-state index in [1.807, 2.05) is 30.3 Å². The highest BCUT2D eigenvalue weighted by Crippen LogP contribution is 2.66. The largest absolute Gasteiger partial charge is 0.457 e. The second-order valence-electron chi connectivity index (χ2n) is 9.93. The molecule has 0 amide bonds. The molecule has 0 N–H and O–H groups in total. The average Bonchev–Trinajstić information content (AvgIpc) is 2.94. The Kier molecular flexibility index (Phi) is 5.69. The molecule has 0 spiro atoms. The molecule has 0 radical (unpaired) electrons. The number of likely N-dealkylation sites (N-methyl/N-ethyl adjacent to an activating group) is 1. The molecule has 2 aliphatic carbocycles. The molecule has 150 valence electrons. The van der Waals surface area contributed by atoms with Gasteiger partial charge in [0.15, 0.2) is 6.54 Å². The molecule has 0 aromatic heterocycles. The van der Waals surface area contributed by atoms with Crippen LogP contribution in [0.25, 0.3) is 0 Å². The lowest BCUT2D eigenvalue weighted by atomic mass is 9.70. The van der Waals surface area contributed by atoms with Crippen LogP contribution in [-0.2, 0) is 20.9 Å². The monoisotopic (exact) mass is 374 g/mol. The summed E-state index contributed by atoms with van der Waals surface area (Å²) in [5.74, 6) is 0.639. The van der Waals surface area contributed by atoms with Gasteiger partial charge in [0.25, 0.3) is 0 Å². The van der Waals surface area contributed by atoms with E-state index in [9.17, 15) is 4.79 Å². The SMILES string of the molecule is CC1(C)[C@@H]2CC[C@]1(C)[C@H](OCC[N+](C)(C)CC(=O)OCc1ccccc1)C2. The minimum atomic E-state index is -0.156. The average molecular weight is 375 g/mol. The molecule has 1 aromatic carbocycles. The third-order valence-electron chi connectivity index (χ3n) is 7.53. The first-order valence-corrected chi connectivity index (χ1v) is 10.3. The van der Waals surface area contributed by atoms with E-state index in [2.05, 4.69) is 34.9 Å². The van der Waals surface area contributed by atoms with Crippen LogP contribution >= 0.6 is 0 Å². The van der Waals surface area contributed by atoms with Gasteiger partial charge >= 0.3 is 5.97 Å². The van der Waals surface area contributed by atoms with Crippen molar-refractivity contribution < 1.29 is 18.8 Å². The highest BCUT2D eigenvalue weighted by atomic mass is 16.5. The molecule has 3 rings (SSSR count). The minimum absolute atomic E-state index is 0.156. The van der Waals surface area contributed by atoms with Crippen molar-refractivity contribution in [3.8, 4) is 0 Å². The summed E-state index contributed by atoms with van der Waals surface area (Å²) < 4.78 is 12.4. The molecular formula is C23H36NO3+. The van der Waals surface area contributed by atoms with Crippen LogP contribution in [0.4, 0.5) is 0 Å². The number of nitrogens with zero attached hydrogens (tertiary/aromatic N) is 1. The molecule has 3 atom stereocenters. The van der Waals surface area contributed by atoms with Gasteiger partial charge in [0.1, 0.15) is 13.2 Å². The number of esters is 1. The summed E-state index contributed by atoms with van der Waals surface area (Å²) in [6.45, 7) is 9.46. The second kappa shape index (κ2) is 7.56. The highest BCUT2D eigenvalue weighted by molar-refractivity contribution is 5.70. The number of benzene rings is 1. The van der Waals surface area contributed by atoms with Gasteiger partial charge in [0.2, 0.25) is 0 Å². The molecule has 4 nitrogen and oxygen atoms in total. The van der Waals surface area contributed by atoms with Gasteiger partial charge in [-0.25, -0.2) is 4.79 Å². The van der Waals surface area contributed by atoms with E-state index in [1.54, 1.807) is 0 Å². The number of ether oxygens (including phenoxy) is 2. The summed E-state index contributed by atoms with van der Waals surface area (Å²) in [5, 5.41) is 0. The Hall–Kier alpha value is -1.39. The maximum Gasteiger partial charge on any atom is 0.362 e. The summed E-state index contributed by atoms with van der Waals surface area (Å²) >= 11 is 0. The van der Waals surface area contributed by atoms with Crippen LogP contribution < -0.4 is 0 Å². The second-order valence-corrected chi connectivity index (χ2v) is 9.93. The predicted molar refractivity (Wildman–Crippen MR) is 107 cm³/mol. The fourth-order valence-electron chi connectivity index (χ4n) is 5.04. The van der Waals surface area contributed by atoms with E-state index >= 15 is 0 Å². The van der Waals surface area contributed by atoms with Crippen molar-refractivity contribution in [1.82, 2.24) is 0 Å². The smallest absolute Gasteiger partial charge is 0.362 e. The van der Waals surface area contributed by atoms with Crippen molar-refractivity contribution in [3.63, 3.8) is 0 Å². The first-order chi connectivity index (χ1) is 12.6. The molecule has 0 saturated heterocycles. The van der Waals surface area contributed by atoms with Gasteiger partial charge < -0.3 is 14.0 Å². The van der Waals surface area contributed by atoms with E-state index in [1.165, 1.54) is 19.3 Å². The Balaban J connectivity index is 1.42. The van der Waals surface area contributed by atoms with E-state index < -0.39 is 0 Å². The Bertz CT molecular complexity index is 655. The first kappa shape index (κ1) is 20.3. The maximum absolute atomic E-state index is 12.2. The van der Waals surface area contributed by atoms with Crippen LogP contribution in [0.15, 0.2) is 30.3 Å². The number of fused-ring (bicyclic) bond motifs is 2. The fourth-order valence-corrected chi connectivity index (χ4v) is 5.04. The number of hydrogen-bond acceptors (Lipinski definition) is 3. The zero-order chi connectivity index (χ0) is 19.7.